The van der Waals surface area contributed by atoms with E-state index in [-0.39, 0.29) is 6.10 Å². The first-order valence-electron chi connectivity index (χ1n) is 5.84. The summed E-state index contributed by atoms with van der Waals surface area (Å²) in [6.07, 6.45) is 4.19. The number of rotatable bonds is 3. The van der Waals surface area contributed by atoms with E-state index in [9.17, 15) is 0 Å². The normalized spacial score (nSPS) is 20.3. The van der Waals surface area contributed by atoms with E-state index in [1.165, 1.54) is 0 Å². The van der Waals surface area contributed by atoms with Crippen LogP contribution in [0.3, 0.4) is 0 Å². The third kappa shape index (κ3) is 2.53. The molecule has 1 saturated heterocycles. The molecule has 0 saturated carbocycles. The van der Waals surface area contributed by atoms with Crippen molar-refractivity contribution >= 4 is 11.6 Å². The van der Waals surface area contributed by atoms with Gasteiger partial charge in [-0.3, -0.25) is 0 Å². The highest BCUT2D eigenvalue weighted by molar-refractivity contribution is 6.30. The largest absolute Gasteiger partial charge is 0.378 e. The fraction of sp³-hybridized carbons (Fsp3) is 0.667. The van der Waals surface area contributed by atoms with E-state index in [1.807, 2.05) is 6.92 Å². The number of hydrogen-bond donors (Lipinski definition) is 0. The summed E-state index contributed by atoms with van der Waals surface area (Å²) in [5.41, 5.74) is 2.05. The summed E-state index contributed by atoms with van der Waals surface area (Å²) < 4.78 is 5.57. The van der Waals surface area contributed by atoms with E-state index < -0.39 is 0 Å². The van der Waals surface area contributed by atoms with Crippen molar-refractivity contribution < 1.29 is 4.74 Å². The molecule has 16 heavy (non-hydrogen) atoms. The van der Waals surface area contributed by atoms with Crippen LogP contribution < -0.4 is 0 Å². The first kappa shape index (κ1) is 11.8. The van der Waals surface area contributed by atoms with E-state index in [2.05, 4.69) is 16.9 Å². The van der Waals surface area contributed by atoms with E-state index in [1.54, 1.807) is 0 Å². The number of aromatic nitrogens is 2. The third-order valence-corrected chi connectivity index (χ3v) is 3.31. The third-order valence-electron chi connectivity index (χ3n) is 3.00. The summed E-state index contributed by atoms with van der Waals surface area (Å²) >= 11 is 6.13. The van der Waals surface area contributed by atoms with Crippen LogP contribution in [0.1, 0.15) is 36.8 Å². The van der Waals surface area contributed by atoms with E-state index in [4.69, 9.17) is 16.3 Å². The summed E-state index contributed by atoms with van der Waals surface area (Å²) in [7, 11) is 0. The molecule has 0 N–H and O–H groups in total. The van der Waals surface area contributed by atoms with Crippen LogP contribution >= 0.6 is 11.6 Å². The zero-order chi connectivity index (χ0) is 11.5. The van der Waals surface area contributed by atoms with Crippen LogP contribution in [0.5, 0.6) is 0 Å². The highest BCUT2D eigenvalue weighted by Crippen LogP contribution is 2.20. The molecule has 1 aliphatic rings. The molecule has 0 bridgehead atoms. The molecule has 4 heteroatoms. The van der Waals surface area contributed by atoms with Crippen LogP contribution in [0.2, 0.25) is 5.15 Å². The van der Waals surface area contributed by atoms with Gasteiger partial charge in [-0.15, -0.1) is 0 Å². The Balaban J connectivity index is 2.15. The first-order valence-corrected chi connectivity index (χ1v) is 6.22. The number of ether oxygens (including phenoxy) is 1. The first-order chi connectivity index (χ1) is 7.70. The molecule has 88 valence electrons. The Labute approximate surface area is 101 Å². The number of halogens is 1. The molecule has 0 aliphatic carbocycles. The van der Waals surface area contributed by atoms with Gasteiger partial charge in [0.15, 0.2) is 0 Å². The van der Waals surface area contributed by atoms with E-state index in [0.717, 1.165) is 49.4 Å². The Kier molecular flexibility index (Phi) is 3.77. The van der Waals surface area contributed by atoms with Gasteiger partial charge in [0.05, 0.1) is 6.10 Å². The lowest BCUT2D eigenvalue weighted by Gasteiger charge is -2.11. The minimum atomic E-state index is 0.281. The molecule has 2 heterocycles. The van der Waals surface area contributed by atoms with Gasteiger partial charge in [-0.1, -0.05) is 18.5 Å². The lowest BCUT2D eigenvalue weighted by molar-refractivity contribution is 0.110. The summed E-state index contributed by atoms with van der Waals surface area (Å²) in [5.74, 6) is 0.812. The number of aryl methyl sites for hydroxylation is 1. The lowest BCUT2D eigenvalue weighted by Crippen LogP contribution is -2.13. The molecule has 0 spiro atoms. The second kappa shape index (κ2) is 5.11. The fourth-order valence-electron chi connectivity index (χ4n) is 2.12. The zero-order valence-electron chi connectivity index (χ0n) is 9.79. The molecular formula is C12H17ClN2O. The Morgan fingerprint density at radius 3 is 2.81 bits per heavy atom. The van der Waals surface area contributed by atoms with Gasteiger partial charge in [0, 0.05) is 24.3 Å². The Morgan fingerprint density at radius 1 is 1.44 bits per heavy atom. The van der Waals surface area contributed by atoms with Crippen LogP contribution in [0.25, 0.3) is 0 Å². The summed E-state index contributed by atoms with van der Waals surface area (Å²) in [5, 5.41) is 0.600. The molecule has 1 fully saturated rings. The van der Waals surface area contributed by atoms with Crippen molar-refractivity contribution in [2.45, 2.75) is 45.6 Å². The molecule has 1 unspecified atom stereocenters. The van der Waals surface area contributed by atoms with Crippen molar-refractivity contribution in [1.29, 1.82) is 0 Å². The monoisotopic (exact) mass is 240 g/mol. The van der Waals surface area contributed by atoms with Crippen LogP contribution in [-0.2, 0) is 17.6 Å². The predicted octanol–water partition coefficient (Wildman–Crippen LogP) is 2.72. The Hall–Kier alpha value is -0.670. The summed E-state index contributed by atoms with van der Waals surface area (Å²) in [4.78, 5) is 8.84. The van der Waals surface area contributed by atoms with Gasteiger partial charge in [-0.25, -0.2) is 9.97 Å². The van der Waals surface area contributed by atoms with Crippen LogP contribution in [0.15, 0.2) is 0 Å². The lowest BCUT2D eigenvalue weighted by atomic mass is 10.1. The zero-order valence-corrected chi connectivity index (χ0v) is 10.5. The molecule has 1 aromatic rings. The molecule has 0 amide bonds. The fourth-order valence-corrected chi connectivity index (χ4v) is 2.49. The summed E-state index contributed by atoms with van der Waals surface area (Å²) in [6, 6.07) is 0. The van der Waals surface area contributed by atoms with Crippen molar-refractivity contribution in [2.75, 3.05) is 6.61 Å². The van der Waals surface area contributed by atoms with Gasteiger partial charge in [-0.05, 0) is 26.2 Å². The maximum Gasteiger partial charge on any atom is 0.136 e. The minimum absolute atomic E-state index is 0.281. The van der Waals surface area contributed by atoms with Gasteiger partial charge in [0.2, 0.25) is 0 Å². The second-order valence-corrected chi connectivity index (χ2v) is 4.55. The predicted molar refractivity (Wildman–Crippen MR) is 63.8 cm³/mol. The van der Waals surface area contributed by atoms with Gasteiger partial charge in [-0.2, -0.15) is 0 Å². The second-order valence-electron chi connectivity index (χ2n) is 4.19. The maximum atomic E-state index is 6.13. The highest BCUT2D eigenvalue weighted by Gasteiger charge is 2.18. The Bertz CT molecular complexity index is 352. The molecule has 1 atom stereocenters. The topological polar surface area (TPSA) is 35.0 Å². The van der Waals surface area contributed by atoms with Crippen LogP contribution in [0, 0.1) is 6.92 Å². The van der Waals surface area contributed by atoms with Gasteiger partial charge < -0.3 is 4.74 Å². The Morgan fingerprint density at radius 2 is 2.25 bits per heavy atom. The molecule has 3 nitrogen and oxygen atoms in total. The summed E-state index contributed by atoms with van der Waals surface area (Å²) in [6.45, 7) is 4.92. The van der Waals surface area contributed by atoms with E-state index >= 15 is 0 Å². The quantitative estimate of drug-likeness (QED) is 0.762. The van der Waals surface area contributed by atoms with Gasteiger partial charge in [0.25, 0.3) is 0 Å². The minimum Gasteiger partial charge on any atom is -0.378 e. The molecule has 0 radical (unpaired) electrons. The number of hydrogen-bond acceptors (Lipinski definition) is 3. The van der Waals surface area contributed by atoms with Crippen molar-refractivity contribution in [3.05, 3.63) is 22.2 Å². The van der Waals surface area contributed by atoms with Crippen molar-refractivity contribution in [1.82, 2.24) is 9.97 Å². The standard InChI is InChI=1S/C12H17ClN2O/c1-3-10-8(2)14-11(15-12(10)13)7-9-5-4-6-16-9/h9H,3-7H2,1-2H3. The van der Waals surface area contributed by atoms with Crippen LogP contribution in [0.4, 0.5) is 0 Å². The molecular weight excluding hydrogens is 224 g/mol. The van der Waals surface area contributed by atoms with Crippen molar-refractivity contribution in [3.63, 3.8) is 0 Å². The smallest absolute Gasteiger partial charge is 0.136 e. The van der Waals surface area contributed by atoms with Crippen molar-refractivity contribution in [2.24, 2.45) is 0 Å². The molecule has 0 aromatic carbocycles. The van der Waals surface area contributed by atoms with E-state index in [0.29, 0.717) is 5.15 Å². The average molecular weight is 241 g/mol. The molecule has 1 aromatic heterocycles. The SMILES string of the molecule is CCc1c(C)nc(CC2CCCO2)nc1Cl. The maximum absolute atomic E-state index is 6.13. The van der Waals surface area contributed by atoms with Gasteiger partial charge in [0.1, 0.15) is 11.0 Å². The number of nitrogens with zero attached hydrogens (tertiary/aromatic N) is 2. The highest BCUT2D eigenvalue weighted by atomic mass is 35.5. The molecule has 1 aliphatic heterocycles. The van der Waals surface area contributed by atoms with Gasteiger partial charge >= 0.3 is 0 Å². The average Bonchev–Trinajstić information content (AvgIpc) is 2.70. The van der Waals surface area contributed by atoms with Crippen LogP contribution in [-0.4, -0.2) is 22.7 Å². The van der Waals surface area contributed by atoms with Crippen molar-refractivity contribution in [3.8, 4) is 0 Å². The molecule has 2 rings (SSSR count).